The summed E-state index contributed by atoms with van der Waals surface area (Å²) in [6, 6.07) is 9.02. The number of carbonyl (C=O) groups is 2. The Labute approximate surface area is 265 Å². The van der Waals surface area contributed by atoms with E-state index in [1.54, 1.807) is 0 Å². The van der Waals surface area contributed by atoms with E-state index >= 15 is 0 Å². The average molecular weight is 599 g/mol. The van der Waals surface area contributed by atoms with Crippen LogP contribution in [0.25, 0.3) is 10.8 Å². The van der Waals surface area contributed by atoms with Gasteiger partial charge in [0.25, 0.3) is 0 Å². The second-order valence-corrected chi connectivity index (χ2v) is 13.5. The molecular weight excluding hydrogens is 544 g/mol. The van der Waals surface area contributed by atoms with E-state index in [0.29, 0.717) is 23.0 Å². The first-order valence-corrected chi connectivity index (χ1v) is 17.1. The molecule has 3 aromatic rings. The Morgan fingerprint density at radius 1 is 0.614 bits per heavy atom. The summed E-state index contributed by atoms with van der Waals surface area (Å²) >= 11 is 0. The Morgan fingerprint density at radius 2 is 0.977 bits per heavy atom. The monoisotopic (exact) mass is 598 g/mol. The summed E-state index contributed by atoms with van der Waals surface area (Å²) in [5, 5.41) is 2.77. The lowest BCUT2D eigenvalue weighted by Gasteiger charge is -2.33. The van der Waals surface area contributed by atoms with Crippen LogP contribution < -0.4 is 0 Å². The van der Waals surface area contributed by atoms with Crippen molar-refractivity contribution in [2.45, 2.75) is 119 Å². The molecule has 0 saturated heterocycles. The summed E-state index contributed by atoms with van der Waals surface area (Å²) in [7, 11) is 2.84. The smallest absolute Gasteiger partial charge is 0.339 e. The molecule has 0 bridgehead atoms. The maximum atomic E-state index is 13.6. The van der Waals surface area contributed by atoms with Gasteiger partial charge in [-0.1, -0.05) is 78.6 Å². The number of benzene rings is 3. The maximum absolute atomic E-state index is 13.6. The van der Waals surface area contributed by atoms with Crippen molar-refractivity contribution >= 4 is 22.7 Å². The van der Waals surface area contributed by atoms with Crippen molar-refractivity contribution in [2.75, 3.05) is 14.2 Å². The van der Waals surface area contributed by atoms with Gasteiger partial charge >= 0.3 is 11.9 Å². The number of aryl methyl sites for hydroxylation is 2. The minimum atomic E-state index is -0.431. The largest absolute Gasteiger partial charge is 0.465 e. The Morgan fingerprint density at radius 3 is 1.30 bits per heavy atom. The lowest BCUT2D eigenvalue weighted by Crippen LogP contribution is -2.25. The van der Waals surface area contributed by atoms with Crippen LogP contribution in [0.2, 0.25) is 0 Å². The van der Waals surface area contributed by atoms with Gasteiger partial charge < -0.3 is 9.47 Å². The lowest BCUT2D eigenvalue weighted by molar-refractivity contribution is 0.0552. The fraction of sp³-hybridized carbons (Fsp3) is 0.550. The Hall–Kier alpha value is -3.14. The van der Waals surface area contributed by atoms with Gasteiger partial charge in [0.15, 0.2) is 0 Å². The molecule has 0 radical (unpaired) electrons. The predicted molar refractivity (Wildman–Crippen MR) is 182 cm³/mol. The summed E-state index contributed by atoms with van der Waals surface area (Å²) in [4.78, 5) is 27.2. The molecule has 0 atom stereocenters. The normalized spacial score (nSPS) is 12.5. The van der Waals surface area contributed by atoms with Gasteiger partial charge in [-0.05, 0) is 131 Å². The molecule has 0 aliphatic heterocycles. The van der Waals surface area contributed by atoms with Crippen LogP contribution in [0.15, 0.2) is 24.3 Å². The quantitative estimate of drug-likeness (QED) is 0.136. The third kappa shape index (κ3) is 6.90. The van der Waals surface area contributed by atoms with Gasteiger partial charge in [0.2, 0.25) is 0 Å². The highest BCUT2D eigenvalue weighted by Gasteiger charge is 2.35. The van der Waals surface area contributed by atoms with Crippen LogP contribution in [0.4, 0.5) is 0 Å². The van der Waals surface area contributed by atoms with Crippen LogP contribution in [0.5, 0.6) is 0 Å². The first kappa shape index (κ1) is 33.7. The zero-order valence-electron chi connectivity index (χ0n) is 28.6. The lowest BCUT2D eigenvalue weighted by atomic mass is 9.71. The highest BCUT2D eigenvalue weighted by molar-refractivity contribution is 6.06. The Kier molecular flexibility index (Phi) is 11.7. The van der Waals surface area contributed by atoms with Crippen molar-refractivity contribution in [3.05, 3.63) is 79.9 Å². The highest BCUT2D eigenvalue weighted by Crippen LogP contribution is 2.44. The fourth-order valence-corrected chi connectivity index (χ4v) is 7.22. The molecule has 0 amide bonds. The van der Waals surface area contributed by atoms with Crippen molar-refractivity contribution in [1.29, 1.82) is 0 Å². The van der Waals surface area contributed by atoms with Crippen LogP contribution >= 0.6 is 0 Å². The molecule has 0 N–H and O–H groups in total. The van der Waals surface area contributed by atoms with Gasteiger partial charge in [-0.15, -0.1) is 0 Å². The van der Waals surface area contributed by atoms with Crippen LogP contribution in [0, 0.1) is 11.8 Å². The number of fused-ring (bicyclic) bond motifs is 3. The number of hydrogen-bond donors (Lipinski definition) is 0. The molecule has 0 saturated carbocycles. The molecule has 0 fully saturated rings. The van der Waals surface area contributed by atoms with Crippen molar-refractivity contribution in [3.63, 3.8) is 0 Å². The predicted octanol–water partition coefficient (Wildman–Crippen LogP) is 9.77. The fourth-order valence-electron chi connectivity index (χ4n) is 7.22. The standard InChI is InChI=1S/C40H54O4/c1-9-11-15-31-35-23-33-29(21-19-25(3)4)27-17-13-14-18-28(27)30(22-20-26(5)6)34(33)24-36(35)32(16-12-10-2)38(40(42)44-8)37(31)39(41)43-7/h13-14,17-18,25-26H,9-12,15-16,19-24H2,1-8H3. The Bertz CT molecular complexity index is 1380. The van der Waals surface area contributed by atoms with E-state index in [0.717, 1.165) is 88.2 Å². The van der Waals surface area contributed by atoms with E-state index in [-0.39, 0.29) is 0 Å². The van der Waals surface area contributed by atoms with Crippen molar-refractivity contribution in [2.24, 2.45) is 11.8 Å². The molecule has 0 spiro atoms. The Balaban J connectivity index is 2.12. The topological polar surface area (TPSA) is 52.6 Å². The molecule has 44 heavy (non-hydrogen) atoms. The third-order valence-electron chi connectivity index (χ3n) is 9.61. The average Bonchev–Trinajstić information content (AvgIpc) is 3.02. The number of methoxy groups -OCH3 is 2. The molecule has 3 aromatic carbocycles. The van der Waals surface area contributed by atoms with Gasteiger partial charge in [-0.25, -0.2) is 9.59 Å². The summed E-state index contributed by atoms with van der Waals surface area (Å²) in [5.41, 5.74) is 11.2. The molecule has 4 heteroatoms. The van der Waals surface area contributed by atoms with E-state index in [4.69, 9.17) is 9.47 Å². The summed E-state index contributed by atoms with van der Waals surface area (Å²) in [6.45, 7) is 13.6. The summed E-state index contributed by atoms with van der Waals surface area (Å²) in [5.74, 6) is 0.350. The molecule has 0 unspecified atom stereocenters. The van der Waals surface area contributed by atoms with Crippen LogP contribution in [0.3, 0.4) is 0 Å². The van der Waals surface area contributed by atoms with Crippen molar-refractivity contribution in [3.8, 4) is 0 Å². The number of esters is 2. The zero-order chi connectivity index (χ0) is 32.0. The van der Waals surface area contributed by atoms with Gasteiger partial charge in [-0.3, -0.25) is 0 Å². The second kappa shape index (κ2) is 15.2. The third-order valence-corrected chi connectivity index (χ3v) is 9.61. The van der Waals surface area contributed by atoms with E-state index in [1.807, 2.05) is 0 Å². The molecule has 4 nitrogen and oxygen atoms in total. The van der Waals surface area contributed by atoms with Crippen molar-refractivity contribution in [1.82, 2.24) is 0 Å². The highest BCUT2D eigenvalue weighted by atomic mass is 16.5. The van der Waals surface area contributed by atoms with Gasteiger partial charge in [0, 0.05) is 0 Å². The first-order valence-electron chi connectivity index (χ1n) is 17.1. The minimum absolute atomic E-state index is 0.431. The molecule has 238 valence electrons. The molecule has 0 aromatic heterocycles. The molecule has 1 aliphatic carbocycles. The van der Waals surface area contributed by atoms with Gasteiger partial charge in [-0.2, -0.15) is 0 Å². The van der Waals surface area contributed by atoms with E-state index in [2.05, 4.69) is 65.8 Å². The van der Waals surface area contributed by atoms with Crippen molar-refractivity contribution < 1.29 is 19.1 Å². The number of rotatable bonds is 14. The van der Waals surface area contributed by atoms with Crippen LogP contribution in [-0.2, 0) is 48.0 Å². The number of unbranched alkanes of at least 4 members (excludes halogenated alkanes) is 2. The van der Waals surface area contributed by atoms with Crippen LogP contribution in [-0.4, -0.2) is 26.2 Å². The molecule has 0 heterocycles. The number of carbonyl (C=O) groups excluding carboxylic acids is 2. The van der Waals surface area contributed by atoms with E-state index in [9.17, 15) is 9.59 Å². The zero-order valence-corrected chi connectivity index (χ0v) is 28.6. The second-order valence-electron chi connectivity index (χ2n) is 13.5. The van der Waals surface area contributed by atoms with E-state index < -0.39 is 11.9 Å². The molecule has 1 aliphatic rings. The van der Waals surface area contributed by atoms with Gasteiger partial charge in [0.05, 0.1) is 25.3 Å². The van der Waals surface area contributed by atoms with E-state index in [1.165, 1.54) is 58.4 Å². The number of hydrogen-bond acceptors (Lipinski definition) is 4. The summed E-state index contributed by atoms with van der Waals surface area (Å²) in [6.07, 6.45) is 11.3. The van der Waals surface area contributed by atoms with Gasteiger partial charge in [0.1, 0.15) is 0 Å². The number of ether oxygens (including phenoxy) is 2. The SMILES string of the molecule is CCCCc1c2c(c(CCCC)c(C(=O)OC)c1C(=O)OC)Cc1c(c(CCC(C)C)c3ccccc3c1CCC(C)C)C2. The minimum Gasteiger partial charge on any atom is -0.465 e. The summed E-state index contributed by atoms with van der Waals surface area (Å²) < 4.78 is 10.8. The molecular formula is C40H54O4. The molecule has 4 rings (SSSR count). The van der Waals surface area contributed by atoms with Crippen LogP contribution in [0.1, 0.15) is 145 Å². The maximum Gasteiger partial charge on any atom is 0.339 e. The first-order chi connectivity index (χ1) is 21.2.